The fraction of sp³-hybridized carbons (Fsp3) is 0.538. The van der Waals surface area contributed by atoms with Crippen LogP contribution in [0, 0.1) is 0 Å². The Morgan fingerprint density at radius 2 is 2.12 bits per heavy atom. The highest BCUT2D eigenvalue weighted by Crippen LogP contribution is 2.21. The van der Waals surface area contributed by atoms with Gasteiger partial charge in [0.1, 0.15) is 5.75 Å². The maximum Gasteiger partial charge on any atom is 0.123 e. The normalized spacial score (nSPS) is 10.8. The second-order valence-corrected chi connectivity index (χ2v) is 4.09. The van der Waals surface area contributed by atoms with Gasteiger partial charge in [-0.1, -0.05) is 13.0 Å². The van der Waals surface area contributed by atoms with E-state index >= 15 is 0 Å². The van der Waals surface area contributed by atoms with Gasteiger partial charge in [0.05, 0.1) is 7.11 Å². The molecule has 0 aliphatic carbocycles. The molecule has 0 heterocycles. The highest BCUT2D eigenvalue weighted by molar-refractivity contribution is 5.37. The largest absolute Gasteiger partial charge is 0.496 e. The van der Waals surface area contributed by atoms with E-state index < -0.39 is 0 Å². The summed E-state index contributed by atoms with van der Waals surface area (Å²) in [5, 5.41) is 0. The summed E-state index contributed by atoms with van der Waals surface area (Å²) in [6.07, 6.45) is 1.16. The molecule has 1 rings (SSSR count). The van der Waals surface area contributed by atoms with E-state index in [1.165, 1.54) is 5.56 Å². The zero-order valence-electron chi connectivity index (χ0n) is 10.5. The van der Waals surface area contributed by atoms with Crippen molar-refractivity contribution in [1.29, 1.82) is 0 Å². The molecule has 0 saturated carbocycles. The van der Waals surface area contributed by atoms with Crippen LogP contribution in [0.5, 0.6) is 5.75 Å². The Kier molecular flexibility index (Phi) is 5.29. The lowest BCUT2D eigenvalue weighted by Crippen LogP contribution is -2.19. The molecule has 0 unspecified atom stereocenters. The molecule has 1 aromatic rings. The van der Waals surface area contributed by atoms with Crippen molar-refractivity contribution in [3.05, 3.63) is 29.3 Å². The van der Waals surface area contributed by atoms with Crippen LogP contribution in [0.15, 0.2) is 18.2 Å². The fourth-order valence-corrected chi connectivity index (χ4v) is 1.83. The first kappa shape index (κ1) is 13.0. The average molecular weight is 222 g/mol. The predicted molar refractivity (Wildman–Crippen MR) is 67.5 cm³/mol. The van der Waals surface area contributed by atoms with Crippen molar-refractivity contribution in [2.75, 3.05) is 20.7 Å². The zero-order chi connectivity index (χ0) is 12.0. The first-order valence-corrected chi connectivity index (χ1v) is 5.75. The van der Waals surface area contributed by atoms with E-state index in [9.17, 15) is 0 Å². The van der Waals surface area contributed by atoms with Crippen LogP contribution in [0.2, 0.25) is 0 Å². The Labute approximate surface area is 98.2 Å². The van der Waals surface area contributed by atoms with Crippen LogP contribution in [-0.2, 0) is 13.1 Å². The Morgan fingerprint density at radius 1 is 1.38 bits per heavy atom. The molecule has 3 heteroatoms. The molecular weight excluding hydrogens is 200 g/mol. The van der Waals surface area contributed by atoms with E-state index in [0.717, 1.165) is 30.8 Å². The van der Waals surface area contributed by atoms with Gasteiger partial charge in [-0.25, -0.2) is 0 Å². The van der Waals surface area contributed by atoms with Crippen LogP contribution in [0.4, 0.5) is 0 Å². The minimum atomic E-state index is 0.578. The number of methoxy groups -OCH3 is 1. The van der Waals surface area contributed by atoms with Gasteiger partial charge in [-0.15, -0.1) is 0 Å². The minimum Gasteiger partial charge on any atom is -0.496 e. The fourth-order valence-electron chi connectivity index (χ4n) is 1.83. The van der Waals surface area contributed by atoms with Crippen LogP contribution in [0.25, 0.3) is 0 Å². The zero-order valence-corrected chi connectivity index (χ0v) is 10.5. The molecule has 0 aliphatic rings. The van der Waals surface area contributed by atoms with E-state index in [-0.39, 0.29) is 0 Å². The van der Waals surface area contributed by atoms with E-state index in [4.69, 9.17) is 10.5 Å². The number of benzene rings is 1. The number of nitrogens with zero attached hydrogens (tertiary/aromatic N) is 1. The SMILES string of the molecule is CCCN(C)Cc1cc(CN)ccc1OC. The summed E-state index contributed by atoms with van der Waals surface area (Å²) in [7, 11) is 3.83. The van der Waals surface area contributed by atoms with Gasteiger partial charge in [0, 0.05) is 18.7 Å². The van der Waals surface area contributed by atoms with Crippen molar-refractivity contribution in [1.82, 2.24) is 4.90 Å². The first-order chi connectivity index (χ1) is 7.71. The molecule has 0 atom stereocenters. The molecule has 0 spiro atoms. The molecule has 2 N–H and O–H groups in total. The molecule has 1 aromatic carbocycles. The van der Waals surface area contributed by atoms with Crippen molar-refractivity contribution in [2.24, 2.45) is 5.73 Å². The van der Waals surface area contributed by atoms with Gasteiger partial charge in [0.2, 0.25) is 0 Å². The minimum absolute atomic E-state index is 0.578. The highest BCUT2D eigenvalue weighted by Gasteiger charge is 2.06. The summed E-state index contributed by atoms with van der Waals surface area (Å²) in [5.74, 6) is 0.945. The number of rotatable bonds is 6. The third kappa shape index (κ3) is 3.51. The van der Waals surface area contributed by atoms with Crippen LogP contribution in [-0.4, -0.2) is 25.6 Å². The lowest BCUT2D eigenvalue weighted by atomic mass is 10.1. The lowest BCUT2D eigenvalue weighted by molar-refractivity contribution is 0.318. The standard InChI is InChI=1S/C13H22N2O/c1-4-7-15(2)10-12-8-11(9-14)5-6-13(12)16-3/h5-6,8H,4,7,9-10,14H2,1-3H3. The van der Waals surface area contributed by atoms with Gasteiger partial charge in [-0.2, -0.15) is 0 Å². The molecule has 0 radical (unpaired) electrons. The number of ether oxygens (including phenoxy) is 1. The molecule has 16 heavy (non-hydrogen) atoms. The summed E-state index contributed by atoms with van der Waals surface area (Å²) < 4.78 is 5.36. The number of hydrogen-bond donors (Lipinski definition) is 1. The van der Waals surface area contributed by atoms with Crippen LogP contribution in [0.3, 0.4) is 0 Å². The smallest absolute Gasteiger partial charge is 0.123 e. The Hall–Kier alpha value is -1.06. The van der Waals surface area contributed by atoms with E-state index in [2.05, 4.69) is 24.9 Å². The maximum absolute atomic E-state index is 5.65. The molecule has 0 saturated heterocycles. The van der Waals surface area contributed by atoms with Crippen molar-refractivity contribution in [3.8, 4) is 5.75 Å². The van der Waals surface area contributed by atoms with E-state index in [1.54, 1.807) is 7.11 Å². The quantitative estimate of drug-likeness (QED) is 0.800. The molecular formula is C13H22N2O. The molecule has 3 nitrogen and oxygen atoms in total. The summed E-state index contributed by atoms with van der Waals surface area (Å²) in [6.45, 7) is 4.76. The first-order valence-electron chi connectivity index (χ1n) is 5.75. The second kappa shape index (κ2) is 6.51. The van der Waals surface area contributed by atoms with Crippen molar-refractivity contribution in [2.45, 2.75) is 26.4 Å². The predicted octanol–water partition coefficient (Wildman–Crippen LogP) is 2.00. The van der Waals surface area contributed by atoms with Gasteiger partial charge in [-0.05, 0) is 37.7 Å². The molecule has 0 aromatic heterocycles. The molecule has 0 fully saturated rings. The Balaban J connectivity index is 2.82. The number of nitrogens with two attached hydrogens (primary N) is 1. The van der Waals surface area contributed by atoms with Gasteiger partial charge in [0.25, 0.3) is 0 Å². The highest BCUT2D eigenvalue weighted by atomic mass is 16.5. The second-order valence-electron chi connectivity index (χ2n) is 4.09. The van der Waals surface area contributed by atoms with Crippen LogP contribution < -0.4 is 10.5 Å². The van der Waals surface area contributed by atoms with Crippen molar-refractivity contribution >= 4 is 0 Å². The van der Waals surface area contributed by atoms with E-state index in [0.29, 0.717) is 6.54 Å². The average Bonchev–Trinajstić information content (AvgIpc) is 2.29. The van der Waals surface area contributed by atoms with Crippen LogP contribution in [0.1, 0.15) is 24.5 Å². The Morgan fingerprint density at radius 3 is 2.69 bits per heavy atom. The van der Waals surface area contributed by atoms with Crippen LogP contribution >= 0.6 is 0 Å². The topological polar surface area (TPSA) is 38.5 Å². The monoisotopic (exact) mass is 222 g/mol. The molecule has 0 aliphatic heterocycles. The molecule has 0 bridgehead atoms. The van der Waals surface area contributed by atoms with Gasteiger partial charge < -0.3 is 15.4 Å². The third-order valence-electron chi connectivity index (χ3n) is 2.63. The van der Waals surface area contributed by atoms with Gasteiger partial charge in [-0.3, -0.25) is 0 Å². The van der Waals surface area contributed by atoms with Crippen molar-refractivity contribution < 1.29 is 4.74 Å². The van der Waals surface area contributed by atoms with Gasteiger partial charge in [0.15, 0.2) is 0 Å². The van der Waals surface area contributed by atoms with Crippen molar-refractivity contribution in [3.63, 3.8) is 0 Å². The lowest BCUT2D eigenvalue weighted by Gasteiger charge is -2.18. The maximum atomic E-state index is 5.65. The Bertz CT molecular complexity index is 326. The summed E-state index contributed by atoms with van der Waals surface area (Å²) in [4.78, 5) is 2.29. The molecule has 90 valence electrons. The summed E-state index contributed by atoms with van der Waals surface area (Å²) in [5.41, 5.74) is 8.01. The number of hydrogen-bond acceptors (Lipinski definition) is 3. The molecule has 0 amide bonds. The summed E-state index contributed by atoms with van der Waals surface area (Å²) in [6, 6.07) is 6.14. The van der Waals surface area contributed by atoms with Gasteiger partial charge >= 0.3 is 0 Å². The third-order valence-corrected chi connectivity index (χ3v) is 2.63. The van der Waals surface area contributed by atoms with E-state index in [1.807, 2.05) is 12.1 Å². The summed E-state index contributed by atoms with van der Waals surface area (Å²) >= 11 is 0.